The number of nitrogens with two attached hydrogens (primary N) is 1. The molecule has 30 heavy (non-hydrogen) atoms. The van der Waals surface area contributed by atoms with Crippen LogP contribution in [-0.2, 0) is 15.2 Å². The highest BCUT2D eigenvalue weighted by Crippen LogP contribution is 2.50. The summed E-state index contributed by atoms with van der Waals surface area (Å²) in [5.41, 5.74) is 10.8. The Bertz CT molecular complexity index is 1500. The van der Waals surface area contributed by atoms with E-state index in [2.05, 4.69) is 76.7 Å². The number of rotatable bonds is 1. The maximum absolute atomic E-state index is 6.93. The molecule has 2 N–H and O–H groups in total. The summed E-state index contributed by atoms with van der Waals surface area (Å²) < 4.78 is 17.6. The molecule has 4 heterocycles. The van der Waals surface area contributed by atoms with Crippen LogP contribution in [0.1, 0.15) is 19.6 Å². The topological polar surface area (TPSA) is 54.3 Å². The Morgan fingerprint density at radius 3 is 2.27 bits per heavy atom. The van der Waals surface area contributed by atoms with Crippen molar-refractivity contribution in [3.05, 3.63) is 60.7 Å². The molecule has 3 aromatic carbocycles. The molecule has 7 rings (SSSR count). The maximum atomic E-state index is 6.93. The number of hydrogen-bond acceptors (Lipinski definition) is 3. The average molecular weight is 397 g/mol. The van der Waals surface area contributed by atoms with E-state index in [1.165, 1.54) is 38.1 Å². The van der Waals surface area contributed by atoms with Gasteiger partial charge in [-0.1, -0.05) is 48.5 Å². The van der Waals surface area contributed by atoms with E-state index in [4.69, 9.17) is 15.2 Å². The molecule has 0 amide bonds. The molecule has 150 valence electrons. The first-order chi connectivity index (χ1) is 14.6. The molecule has 0 spiro atoms. The number of aromatic nitrogens is 2. The van der Waals surface area contributed by atoms with Gasteiger partial charge in [-0.25, -0.2) is 0 Å². The molecule has 0 unspecified atom stereocenters. The molecule has 5 nitrogen and oxygen atoms in total. The second kappa shape index (κ2) is 5.43. The lowest BCUT2D eigenvalue weighted by Crippen LogP contribution is -2.59. The first-order valence-electron chi connectivity index (χ1n) is 10.5. The number of benzene rings is 3. The van der Waals surface area contributed by atoms with E-state index in [0.717, 1.165) is 5.52 Å². The lowest BCUT2D eigenvalue weighted by atomic mass is 9.93. The third kappa shape index (κ3) is 1.76. The van der Waals surface area contributed by atoms with Crippen LogP contribution in [0, 0.1) is 0 Å². The molecule has 5 aromatic rings. The number of hydrogen-bond donors (Lipinski definition) is 1. The molecule has 2 bridgehead atoms. The van der Waals surface area contributed by atoms with Gasteiger partial charge >= 0.3 is 0 Å². The Kier molecular flexibility index (Phi) is 3.06. The molecule has 0 aliphatic carbocycles. The van der Waals surface area contributed by atoms with E-state index in [1.54, 1.807) is 7.11 Å². The fourth-order valence-electron chi connectivity index (χ4n) is 6.17. The number of para-hydroxylation sites is 2. The van der Waals surface area contributed by atoms with Crippen LogP contribution in [-0.4, -0.2) is 28.4 Å². The van der Waals surface area contributed by atoms with Crippen LogP contribution in [0.5, 0.6) is 0 Å². The summed E-state index contributed by atoms with van der Waals surface area (Å²) in [6, 6.07) is 21.5. The maximum Gasteiger partial charge on any atom is 0.173 e. The van der Waals surface area contributed by atoms with Crippen molar-refractivity contribution < 1.29 is 9.47 Å². The van der Waals surface area contributed by atoms with Gasteiger partial charge in [0.15, 0.2) is 5.72 Å². The van der Waals surface area contributed by atoms with Gasteiger partial charge in [-0.3, -0.25) is 0 Å². The second-order valence-electron chi connectivity index (χ2n) is 8.78. The van der Waals surface area contributed by atoms with Crippen LogP contribution in [0.4, 0.5) is 0 Å². The Hall–Kier alpha value is -2.86. The molecule has 2 aromatic heterocycles. The summed E-state index contributed by atoms with van der Waals surface area (Å²) >= 11 is 0. The minimum Gasteiger partial charge on any atom is -0.375 e. The van der Waals surface area contributed by atoms with Gasteiger partial charge in [-0.05, 0) is 19.1 Å². The highest BCUT2D eigenvalue weighted by atomic mass is 16.6. The van der Waals surface area contributed by atoms with Crippen LogP contribution >= 0.6 is 0 Å². The number of methoxy groups -OCH3 is 1. The largest absolute Gasteiger partial charge is 0.375 e. The molecule has 5 heteroatoms. The van der Waals surface area contributed by atoms with Gasteiger partial charge in [-0.2, -0.15) is 0 Å². The Morgan fingerprint density at radius 1 is 0.900 bits per heavy atom. The fourth-order valence-corrected chi connectivity index (χ4v) is 6.17. The summed E-state index contributed by atoms with van der Waals surface area (Å²) in [6.45, 7) is 2.13. The Morgan fingerprint density at radius 2 is 1.53 bits per heavy atom. The highest BCUT2D eigenvalue weighted by molar-refractivity contribution is 6.22. The zero-order valence-electron chi connectivity index (χ0n) is 17.0. The SMILES string of the molecule is CO[C@@H]1[C@H](N)C[C@H]2O[C@]1(C)n1c3ccccc3c3ccc4c5ccccc5n2c4c31. The van der Waals surface area contributed by atoms with Gasteiger partial charge in [0.1, 0.15) is 12.3 Å². The molecule has 1 saturated heterocycles. The van der Waals surface area contributed by atoms with E-state index in [-0.39, 0.29) is 18.4 Å². The summed E-state index contributed by atoms with van der Waals surface area (Å²) in [7, 11) is 1.74. The van der Waals surface area contributed by atoms with Gasteiger partial charge in [-0.15, -0.1) is 0 Å². The first-order valence-corrected chi connectivity index (χ1v) is 10.5. The van der Waals surface area contributed by atoms with E-state index < -0.39 is 5.72 Å². The van der Waals surface area contributed by atoms with Gasteiger partial charge in [0, 0.05) is 41.1 Å². The summed E-state index contributed by atoms with van der Waals surface area (Å²) in [5, 5.41) is 4.97. The molecule has 1 fully saturated rings. The molecular weight excluding hydrogens is 374 g/mol. The minimum atomic E-state index is -0.715. The predicted molar refractivity (Wildman–Crippen MR) is 120 cm³/mol. The van der Waals surface area contributed by atoms with Gasteiger partial charge in [0.25, 0.3) is 0 Å². The van der Waals surface area contributed by atoms with Gasteiger partial charge < -0.3 is 24.3 Å². The summed E-state index contributed by atoms with van der Waals surface area (Å²) in [6.07, 6.45) is 0.308. The van der Waals surface area contributed by atoms with Crippen LogP contribution < -0.4 is 5.73 Å². The molecule has 0 saturated carbocycles. The number of ether oxygens (including phenoxy) is 2. The lowest BCUT2D eigenvalue weighted by molar-refractivity contribution is -0.252. The first kappa shape index (κ1) is 16.9. The zero-order valence-corrected chi connectivity index (χ0v) is 17.0. The fraction of sp³-hybridized carbons (Fsp3) is 0.280. The summed E-state index contributed by atoms with van der Waals surface area (Å²) in [4.78, 5) is 0. The normalized spacial score (nSPS) is 28.2. The number of fused-ring (bicyclic) bond motifs is 10. The molecule has 0 radical (unpaired) electrons. The van der Waals surface area contributed by atoms with Gasteiger partial charge in [0.05, 0.1) is 22.1 Å². The third-order valence-corrected chi connectivity index (χ3v) is 7.26. The van der Waals surface area contributed by atoms with Crippen molar-refractivity contribution in [3.63, 3.8) is 0 Å². The monoisotopic (exact) mass is 397 g/mol. The van der Waals surface area contributed by atoms with Crippen molar-refractivity contribution in [2.75, 3.05) is 7.11 Å². The standard InChI is InChI=1S/C25H23N3O2/c1-25-24(29-2)18(26)13-21(30-25)27-19-9-5-3-7-14(19)16-11-12-17-15-8-4-6-10-20(15)28(25)23(17)22(16)27/h3-12,18,21,24H,13,26H2,1-2H3/t18-,21-,24-,25+/m1/s1. The van der Waals surface area contributed by atoms with Crippen molar-refractivity contribution in [2.45, 2.75) is 37.4 Å². The van der Waals surface area contributed by atoms with Crippen LogP contribution in [0.25, 0.3) is 43.6 Å². The number of nitrogens with zero attached hydrogens (tertiary/aromatic N) is 2. The Balaban J connectivity index is 1.81. The van der Waals surface area contributed by atoms with Crippen molar-refractivity contribution in [3.8, 4) is 0 Å². The van der Waals surface area contributed by atoms with E-state index >= 15 is 0 Å². The lowest BCUT2D eigenvalue weighted by Gasteiger charge is -2.47. The average Bonchev–Trinajstić information content (AvgIpc) is 3.24. The molecular formula is C25H23N3O2. The van der Waals surface area contributed by atoms with E-state index in [9.17, 15) is 0 Å². The molecule has 4 atom stereocenters. The summed E-state index contributed by atoms with van der Waals surface area (Å²) in [5.74, 6) is 0. The van der Waals surface area contributed by atoms with Crippen LogP contribution in [0.2, 0.25) is 0 Å². The third-order valence-electron chi connectivity index (χ3n) is 7.26. The van der Waals surface area contributed by atoms with Crippen LogP contribution in [0.3, 0.4) is 0 Å². The van der Waals surface area contributed by atoms with Crippen LogP contribution in [0.15, 0.2) is 60.7 Å². The quantitative estimate of drug-likeness (QED) is 0.440. The van der Waals surface area contributed by atoms with Crippen molar-refractivity contribution in [1.82, 2.24) is 9.13 Å². The van der Waals surface area contributed by atoms with E-state index in [1.807, 2.05) is 0 Å². The molecule has 2 aliphatic heterocycles. The molecule has 2 aliphatic rings. The van der Waals surface area contributed by atoms with Crippen molar-refractivity contribution in [1.29, 1.82) is 0 Å². The van der Waals surface area contributed by atoms with Gasteiger partial charge in [0.2, 0.25) is 0 Å². The zero-order chi connectivity index (χ0) is 20.2. The predicted octanol–water partition coefficient (Wildman–Crippen LogP) is 4.85. The highest BCUT2D eigenvalue weighted by Gasteiger charge is 2.51. The van der Waals surface area contributed by atoms with E-state index in [0.29, 0.717) is 6.42 Å². The second-order valence-corrected chi connectivity index (χ2v) is 8.78. The van der Waals surface area contributed by atoms with Crippen molar-refractivity contribution in [2.24, 2.45) is 5.73 Å². The minimum absolute atomic E-state index is 0.138. The smallest absolute Gasteiger partial charge is 0.173 e. The van der Waals surface area contributed by atoms with Crippen molar-refractivity contribution >= 4 is 43.6 Å². The Labute approximate surface area is 173 Å².